The maximum Gasteiger partial charge on any atom is 0.231 e. The molecule has 174 valence electrons. The Labute approximate surface area is 193 Å². The molecule has 0 atom stereocenters. The molecule has 0 spiro atoms. The Morgan fingerprint density at radius 3 is 2.85 bits per heavy atom. The molecule has 0 radical (unpaired) electrons. The molecule has 8 heteroatoms. The number of aromatic nitrogens is 2. The van der Waals surface area contributed by atoms with Crippen LogP contribution >= 0.6 is 0 Å². The van der Waals surface area contributed by atoms with Gasteiger partial charge in [-0.25, -0.2) is 9.97 Å². The smallest absolute Gasteiger partial charge is 0.231 e. The quantitative estimate of drug-likeness (QED) is 0.499. The van der Waals surface area contributed by atoms with Crippen LogP contribution in [-0.4, -0.2) is 55.5 Å². The molecule has 3 heterocycles. The van der Waals surface area contributed by atoms with Crippen LogP contribution in [0.25, 0.3) is 10.9 Å². The van der Waals surface area contributed by atoms with E-state index in [0.29, 0.717) is 35.4 Å². The standard InChI is InChI=1S/C25H30N4O4/c1-29-10-8-17(9-11-29)5-4-12-31-23-14-20-18(13-22(23)30-2)25(27-15-26-20)28-19-6-3-7-21-24(19)33-16-32-21/h3,6-7,13-15,17H,4-5,8-12,16H2,1-2H3,(H,26,27,28). The van der Waals surface area contributed by atoms with Crippen LogP contribution < -0.4 is 24.3 Å². The van der Waals surface area contributed by atoms with Gasteiger partial charge < -0.3 is 29.2 Å². The number of ether oxygens (including phenoxy) is 4. The molecule has 0 saturated carbocycles. The minimum absolute atomic E-state index is 0.213. The highest BCUT2D eigenvalue weighted by Crippen LogP contribution is 2.41. The van der Waals surface area contributed by atoms with Gasteiger partial charge in [-0.15, -0.1) is 0 Å². The minimum Gasteiger partial charge on any atom is -0.493 e. The molecule has 0 bridgehead atoms. The van der Waals surface area contributed by atoms with Crippen molar-refractivity contribution in [1.29, 1.82) is 0 Å². The molecule has 3 aromatic rings. The number of hydrogen-bond acceptors (Lipinski definition) is 8. The van der Waals surface area contributed by atoms with Gasteiger partial charge in [-0.2, -0.15) is 0 Å². The summed E-state index contributed by atoms with van der Waals surface area (Å²) in [7, 11) is 3.85. The van der Waals surface area contributed by atoms with Crippen LogP contribution in [0.2, 0.25) is 0 Å². The van der Waals surface area contributed by atoms with Crippen LogP contribution in [0.4, 0.5) is 11.5 Å². The lowest BCUT2D eigenvalue weighted by atomic mass is 9.93. The molecule has 0 aliphatic carbocycles. The highest BCUT2D eigenvalue weighted by Gasteiger charge is 2.19. The van der Waals surface area contributed by atoms with Gasteiger partial charge in [0.2, 0.25) is 6.79 Å². The maximum atomic E-state index is 6.11. The number of fused-ring (bicyclic) bond motifs is 2. The van der Waals surface area contributed by atoms with Crippen molar-refractivity contribution in [1.82, 2.24) is 14.9 Å². The second-order valence-corrected chi connectivity index (χ2v) is 8.64. The largest absolute Gasteiger partial charge is 0.493 e. The van der Waals surface area contributed by atoms with Gasteiger partial charge in [0.05, 0.1) is 24.9 Å². The Hall–Kier alpha value is -3.26. The lowest BCUT2D eigenvalue weighted by Crippen LogP contribution is -2.30. The first-order chi connectivity index (χ1) is 16.2. The third-order valence-corrected chi connectivity index (χ3v) is 6.42. The molecule has 2 aliphatic rings. The number of methoxy groups -OCH3 is 1. The Morgan fingerprint density at radius 2 is 2.00 bits per heavy atom. The summed E-state index contributed by atoms with van der Waals surface area (Å²) in [5.41, 5.74) is 1.57. The fourth-order valence-electron chi connectivity index (χ4n) is 4.50. The molecule has 2 aromatic carbocycles. The third kappa shape index (κ3) is 4.75. The highest BCUT2D eigenvalue weighted by atomic mass is 16.7. The molecule has 1 aromatic heterocycles. The molecule has 1 N–H and O–H groups in total. The zero-order valence-corrected chi connectivity index (χ0v) is 19.2. The average Bonchev–Trinajstić information content (AvgIpc) is 3.33. The van der Waals surface area contributed by atoms with Crippen molar-refractivity contribution in [2.75, 3.05) is 46.0 Å². The molecular weight excluding hydrogens is 420 g/mol. The van der Waals surface area contributed by atoms with E-state index in [1.165, 1.54) is 32.4 Å². The molecule has 33 heavy (non-hydrogen) atoms. The van der Waals surface area contributed by atoms with Crippen LogP contribution in [-0.2, 0) is 0 Å². The number of para-hydroxylation sites is 1. The average molecular weight is 451 g/mol. The van der Waals surface area contributed by atoms with Gasteiger partial charge >= 0.3 is 0 Å². The molecule has 0 unspecified atom stereocenters. The van der Waals surface area contributed by atoms with Crippen LogP contribution in [0.15, 0.2) is 36.7 Å². The summed E-state index contributed by atoms with van der Waals surface area (Å²) in [6.07, 6.45) is 6.34. The van der Waals surface area contributed by atoms with Crippen LogP contribution in [0.3, 0.4) is 0 Å². The second-order valence-electron chi connectivity index (χ2n) is 8.64. The maximum absolute atomic E-state index is 6.11. The van der Waals surface area contributed by atoms with Gasteiger partial charge in [-0.3, -0.25) is 0 Å². The van der Waals surface area contributed by atoms with Crippen molar-refractivity contribution in [3.05, 3.63) is 36.7 Å². The summed E-state index contributed by atoms with van der Waals surface area (Å²) in [6, 6.07) is 9.57. The van der Waals surface area contributed by atoms with Crippen LogP contribution in [0.1, 0.15) is 25.7 Å². The molecule has 0 amide bonds. The van der Waals surface area contributed by atoms with Crippen molar-refractivity contribution in [3.8, 4) is 23.0 Å². The van der Waals surface area contributed by atoms with Crippen LogP contribution in [0.5, 0.6) is 23.0 Å². The number of rotatable bonds is 8. The number of hydrogen-bond donors (Lipinski definition) is 1. The first kappa shape index (κ1) is 21.6. The zero-order valence-electron chi connectivity index (χ0n) is 19.2. The topological polar surface area (TPSA) is 78.0 Å². The molecule has 1 fully saturated rings. The summed E-state index contributed by atoms with van der Waals surface area (Å²) in [5.74, 6) is 4.23. The Kier molecular flexibility index (Phi) is 6.35. The van der Waals surface area contributed by atoms with E-state index in [2.05, 4.69) is 27.2 Å². The summed E-state index contributed by atoms with van der Waals surface area (Å²) in [4.78, 5) is 11.3. The molecule has 1 saturated heterocycles. The second kappa shape index (κ2) is 9.70. The fraction of sp³-hybridized carbons (Fsp3) is 0.440. The van der Waals surface area contributed by atoms with Crippen molar-refractivity contribution in [2.45, 2.75) is 25.7 Å². The van der Waals surface area contributed by atoms with E-state index in [0.717, 1.165) is 28.9 Å². The number of nitrogens with zero attached hydrogens (tertiary/aromatic N) is 3. The van der Waals surface area contributed by atoms with E-state index < -0.39 is 0 Å². The molecule has 8 nitrogen and oxygen atoms in total. The predicted octanol–water partition coefficient (Wildman–Crippen LogP) is 4.61. The number of likely N-dealkylation sites (tertiary alicyclic amines) is 1. The molecule has 5 rings (SSSR count). The van der Waals surface area contributed by atoms with Crippen molar-refractivity contribution >= 4 is 22.4 Å². The monoisotopic (exact) mass is 450 g/mol. The number of anilines is 2. The SMILES string of the molecule is COc1cc2c(Nc3cccc4c3OCO4)ncnc2cc1OCCCC1CCN(C)CC1. The third-order valence-electron chi connectivity index (χ3n) is 6.42. The van der Waals surface area contributed by atoms with E-state index in [9.17, 15) is 0 Å². The lowest BCUT2D eigenvalue weighted by Gasteiger charge is -2.28. The molecular formula is C25H30N4O4. The first-order valence-electron chi connectivity index (χ1n) is 11.5. The van der Waals surface area contributed by atoms with E-state index in [-0.39, 0.29) is 6.79 Å². The normalized spacial score (nSPS) is 16.2. The Balaban J connectivity index is 1.30. The number of piperidine rings is 1. The van der Waals surface area contributed by atoms with Crippen LogP contribution in [0, 0.1) is 5.92 Å². The minimum atomic E-state index is 0.213. The Bertz CT molecular complexity index is 1120. The van der Waals surface area contributed by atoms with Gasteiger partial charge in [-0.1, -0.05) is 6.07 Å². The first-order valence-corrected chi connectivity index (χ1v) is 11.5. The van der Waals surface area contributed by atoms with Gasteiger partial charge in [0, 0.05) is 11.5 Å². The van der Waals surface area contributed by atoms with Gasteiger partial charge in [0.25, 0.3) is 0 Å². The fourth-order valence-corrected chi connectivity index (χ4v) is 4.50. The predicted molar refractivity (Wildman–Crippen MR) is 127 cm³/mol. The summed E-state index contributed by atoms with van der Waals surface area (Å²) < 4.78 is 22.8. The number of benzene rings is 2. The van der Waals surface area contributed by atoms with Gasteiger partial charge in [-0.05, 0) is 69.9 Å². The summed E-state index contributed by atoms with van der Waals surface area (Å²) in [5, 5.41) is 4.19. The summed E-state index contributed by atoms with van der Waals surface area (Å²) >= 11 is 0. The molecule has 2 aliphatic heterocycles. The van der Waals surface area contributed by atoms with Gasteiger partial charge in [0.1, 0.15) is 12.1 Å². The zero-order chi connectivity index (χ0) is 22.6. The van der Waals surface area contributed by atoms with E-state index in [1.807, 2.05) is 30.3 Å². The van der Waals surface area contributed by atoms with E-state index >= 15 is 0 Å². The van der Waals surface area contributed by atoms with Gasteiger partial charge in [0.15, 0.2) is 23.0 Å². The highest BCUT2D eigenvalue weighted by molar-refractivity contribution is 5.93. The Morgan fingerprint density at radius 1 is 1.12 bits per heavy atom. The van der Waals surface area contributed by atoms with Crippen molar-refractivity contribution in [3.63, 3.8) is 0 Å². The van der Waals surface area contributed by atoms with Crippen molar-refractivity contribution < 1.29 is 18.9 Å². The number of nitrogens with one attached hydrogen (secondary N) is 1. The van der Waals surface area contributed by atoms with Crippen molar-refractivity contribution in [2.24, 2.45) is 5.92 Å². The van der Waals surface area contributed by atoms with E-state index in [4.69, 9.17) is 18.9 Å². The lowest BCUT2D eigenvalue weighted by molar-refractivity contribution is 0.174. The summed E-state index contributed by atoms with van der Waals surface area (Å²) in [6.45, 7) is 3.28. The van der Waals surface area contributed by atoms with E-state index in [1.54, 1.807) is 13.4 Å².